The Morgan fingerprint density at radius 1 is 0.839 bits per heavy atom. The monoisotopic (exact) mass is 438 g/mol. The summed E-state index contributed by atoms with van der Waals surface area (Å²) in [5.74, 6) is 0.501. The number of likely N-dealkylation sites (tertiary alicyclic amines) is 1. The van der Waals surface area contributed by atoms with E-state index in [1.54, 1.807) is 0 Å². The average Bonchev–Trinajstić information content (AvgIpc) is 2.76. The lowest BCUT2D eigenvalue weighted by Crippen LogP contribution is -2.37. The number of rotatable bonds is 20. The van der Waals surface area contributed by atoms with Crippen LogP contribution in [-0.2, 0) is 9.53 Å². The van der Waals surface area contributed by atoms with E-state index in [-0.39, 0.29) is 5.97 Å². The van der Waals surface area contributed by atoms with Gasteiger partial charge in [0.2, 0.25) is 0 Å². The molecule has 0 spiro atoms. The molecule has 0 radical (unpaired) electrons. The van der Waals surface area contributed by atoms with E-state index in [2.05, 4.69) is 30.7 Å². The molecule has 1 saturated heterocycles. The lowest BCUT2D eigenvalue weighted by Gasteiger charge is -2.29. The maximum atomic E-state index is 12.5. The fraction of sp³-hybridized carbons (Fsp3) is 0.963. The van der Waals surface area contributed by atoms with Crippen molar-refractivity contribution in [2.24, 2.45) is 5.92 Å². The van der Waals surface area contributed by atoms with Gasteiger partial charge in [-0.25, -0.2) is 0 Å². The van der Waals surface area contributed by atoms with Crippen LogP contribution in [0.3, 0.4) is 0 Å². The van der Waals surface area contributed by atoms with Gasteiger partial charge >= 0.3 is 5.97 Å². The second-order valence-electron chi connectivity index (χ2n) is 9.97. The SMILES string of the molecule is CCCCCCCCCN(CCCCCCCCC)CC(=O)OCC1CCCN(C)C1. The van der Waals surface area contributed by atoms with Gasteiger partial charge in [-0.05, 0) is 52.4 Å². The number of esters is 1. The normalized spacial score (nSPS) is 17.4. The van der Waals surface area contributed by atoms with Gasteiger partial charge < -0.3 is 9.64 Å². The summed E-state index contributed by atoms with van der Waals surface area (Å²) in [6, 6.07) is 0. The fourth-order valence-electron chi connectivity index (χ4n) is 4.70. The van der Waals surface area contributed by atoms with Crippen LogP contribution in [0.5, 0.6) is 0 Å². The number of piperidine rings is 1. The van der Waals surface area contributed by atoms with E-state index < -0.39 is 0 Å². The van der Waals surface area contributed by atoms with Crippen LogP contribution in [0.25, 0.3) is 0 Å². The quantitative estimate of drug-likeness (QED) is 0.157. The van der Waals surface area contributed by atoms with Crippen molar-refractivity contribution in [3.8, 4) is 0 Å². The predicted octanol–water partition coefficient (Wildman–Crippen LogP) is 6.67. The molecular formula is C27H54N2O2. The number of ether oxygens (including phenoxy) is 1. The van der Waals surface area contributed by atoms with Crippen LogP contribution in [0.4, 0.5) is 0 Å². The zero-order valence-electron chi connectivity index (χ0n) is 21.3. The minimum Gasteiger partial charge on any atom is -0.464 e. The fourth-order valence-corrected chi connectivity index (χ4v) is 4.70. The lowest BCUT2D eigenvalue weighted by atomic mass is 10.00. The predicted molar refractivity (Wildman–Crippen MR) is 134 cm³/mol. The first-order chi connectivity index (χ1) is 15.2. The van der Waals surface area contributed by atoms with Gasteiger partial charge in [0.1, 0.15) is 0 Å². The maximum absolute atomic E-state index is 12.5. The zero-order valence-corrected chi connectivity index (χ0v) is 21.3. The van der Waals surface area contributed by atoms with Crippen LogP contribution >= 0.6 is 0 Å². The first kappa shape index (κ1) is 28.4. The molecule has 1 aliphatic rings. The second-order valence-corrected chi connectivity index (χ2v) is 9.97. The van der Waals surface area contributed by atoms with Crippen LogP contribution in [0, 0.1) is 5.92 Å². The van der Waals surface area contributed by atoms with Gasteiger partial charge in [0.25, 0.3) is 0 Å². The first-order valence-electron chi connectivity index (χ1n) is 13.7. The van der Waals surface area contributed by atoms with Crippen molar-refractivity contribution in [2.45, 2.75) is 117 Å². The van der Waals surface area contributed by atoms with Crippen molar-refractivity contribution in [1.29, 1.82) is 0 Å². The zero-order chi connectivity index (χ0) is 22.6. The molecule has 1 unspecified atom stereocenters. The molecule has 0 aromatic heterocycles. The smallest absolute Gasteiger partial charge is 0.320 e. The van der Waals surface area contributed by atoms with Gasteiger partial charge in [-0.3, -0.25) is 9.69 Å². The Morgan fingerprint density at radius 3 is 1.87 bits per heavy atom. The van der Waals surface area contributed by atoms with Crippen molar-refractivity contribution in [3.63, 3.8) is 0 Å². The van der Waals surface area contributed by atoms with Crippen LogP contribution in [-0.4, -0.2) is 62.1 Å². The number of unbranched alkanes of at least 4 members (excludes halogenated alkanes) is 12. The molecule has 31 heavy (non-hydrogen) atoms. The Bertz CT molecular complexity index is 398. The number of carbonyl (C=O) groups is 1. The first-order valence-corrected chi connectivity index (χ1v) is 13.7. The van der Waals surface area contributed by atoms with E-state index in [1.165, 1.54) is 109 Å². The van der Waals surface area contributed by atoms with Crippen molar-refractivity contribution >= 4 is 5.97 Å². The Labute approximate surface area is 194 Å². The van der Waals surface area contributed by atoms with Crippen molar-refractivity contribution < 1.29 is 9.53 Å². The molecule has 0 saturated carbocycles. The lowest BCUT2D eigenvalue weighted by molar-refractivity contribution is -0.146. The van der Waals surface area contributed by atoms with Crippen molar-refractivity contribution in [3.05, 3.63) is 0 Å². The van der Waals surface area contributed by atoms with Gasteiger partial charge in [0.15, 0.2) is 0 Å². The minimum atomic E-state index is -0.0147. The van der Waals surface area contributed by atoms with Crippen molar-refractivity contribution in [1.82, 2.24) is 9.80 Å². The van der Waals surface area contributed by atoms with Crippen molar-refractivity contribution in [2.75, 3.05) is 46.4 Å². The molecule has 1 heterocycles. The van der Waals surface area contributed by atoms with Crippen LogP contribution in [0.2, 0.25) is 0 Å². The number of hydrogen-bond acceptors (Lipinski definition) is 4. The molecule has 0 bridgehead atoms. The molecule has 4 nitrogen and oxygen atoms in total. The summed E-state index contributed by atoms with van der Waals surface area (Å²) in [7, 11) is 2.17. The number of hydrogen-bond donors (Lipinski definition) is 0. The summed E-state index contributed by atoms with van der Waals surface area (Å²) in [6.45, 7) is 9.96. The molecule has 184 valence electrons. The van der Waals surface area contributed by atoms with Gasteiger partial charge in [-0.15, -0.1) is 0 Å². The highest BCUT2D eigenvalue weighted by Gasteiger charge is 2.19. The Hall–Kier alpha value is -0.610. The van der Waals surface area contributed by atoms with Crippen LogP contribution in [0.1, 0.15) is 117 Å². The molecule has 0 aromatic rings. The largest absolute Gasteiger partial charge is 0.464 e. The van der Waals surface area contributed by atoms with Crippen LogP contribution < -0.4 is 0 Å². The minimum absolute atomic E-state index is 0.0147. The second kappa shape index (κ2) is 20.0. The third-order valence-corrected chi connectivity index (χ3v) is 6.71. The molecule has 0 aromatic carbocycles. The molecule has 0 amide bonds. The molecule has 1 atom stereocenters. The third-order valence-electron chi connectivity index (χ3n) is 6.71. The van der Waals surface area contributed by atoms with Gasteiger partial charge in [0, 0.05) is 12.5 Å². The van der Waals surface area contributed by atoms with Gasteiger partial charge in [-0.1, -0.05) is 90.9 Å². The number of carbonyl (C=O) groups excluding carboxylic acids is 1. The van der Waals surface area contributed by atoms with Gasteiger partial charge in [0.05, 0.1) is 13.2 Å². The van der Waals surface area contributed by atoms with Crippen LogP contribution in [0.15, 0.2) is 0 Å². The summed E-state index contributed by atoms with van der Waals surface area (Å²) in [6.07, 6.45) is 20.9. The Morgan fingerprint density at radius 2 is 1.35 bits per heavy atom. The highest BCUT2D eigenvalue weighted by atomic mass is 16.5. The molecule has 0 N–H and O–H groups in total. The summed E-state index contributed by atoms with van der Waals surface area (Å²) < 4.78 is 5.70. The summed E-state index contributed by atoms with van der Waals surface area (Å²) >= 11 is 0. The van der Waals surface area contributed by atoms with E-state index >= 15 is 0 Å². The van der Waals surface area contributed by atoms with E-state index in [9.17, 15) is 4.79 Å². The molecule has 1 fully saturated rings. The summed E-state index contributed by atoms with van der Waals surface area (Å²) in [4.78, 5) is 17.2. The van der Waals surface area contributed by atoms with E-state index in [1.807, 2.05) is 0 Å². The highest BCUT2D eigenvalue weighted by Crippen LogP contribution is 2.15. The van der Waals surface area contributed by atoms with Gasteiger partial charge in [-0.2, -0.15) is 0 Å². The molecule has 1 rings (SSSR count). The standard InChI is InChI=1S/C27H54N2O2/c1-4-6-8-10-12-14-16-21-29(22-17-15-13-11-9-7-5-2)24-27(30)31-25-26-19-18-20-28(3)23-26/h26H,4-25H2,1-3H3. The molecular weight excluding hydrogens is 384 g/mol. The maximum Gasteiger partial charge on any atom is 0.320 e. The Balaban J connectivity index is 2.26. The molecule has 0 aliphatic carbocycles. The average molecular weight is 439 g/mol. The molecule has 4 heteroatoms. The number of nitrogens with zero attached hydrogens (tertiary/aromatic N) is 2. The third kappa shape index (κ3) is 16.7. The van der Waals surface area contributed by atoms with E-state index in [0.29, 0.717) is 19.1 Å². The highest BCUT2D eigenvalue weighted by molar-refractivity contribution is 5.71. The summed E-state index contributed by atoms with van der Waals surface area (Å²) in [5, 5.41) is 0. The van der Waals surface area contributed by atoms with E-state index in [4.69, 9.17) is 4.74 Å². The molecule has 1 aliphatic heterocycles. The topological polar surface area (TPSA) is 32.8 Å². The van der Waals surface area contributed by atoms with E-state index in [0.717, 1.165) is 19.6 Å². The summed E-state index contributed by atoms with van der Waals surface area (Å²) in [5.41, 5.74) is 0. The Kier molecular flexibility index (Phi) is 18.4.